The minimum absolute atomic E-state index is 0.0424. The lowest BCUT2D eigenvalue weighted by Gasteiger charge is -2.13. The first-order valence-corrected chi connectivity index (χ1v) is 5.66. The van der Waals surface area contributed by atoms with Gasteiger partial charge in [0.2, 0.25) is 0 Å². The minimum Gasteiger partial charge on any atom is -0.399 e. The van der Waals surface area contributed by atoms with Crippen LogP contribution in [0.25, 0.3) is 11.4 Å². The topological polar surface area (TPSA) is 56.7 Å². The molecule has 1 aromatic heterocycles. The van der Waals surface area contributed by atoms with Crippen LogP contribution in [-0.2, 0) is 6.18 Å². The van der Waals surface area contributed by atoms with E-state index in [-0.39, 0.29) is 11.7 Å². The summed E-state index contributed by atoms with van der Waals surface area (Å²) in [6.45, 7) is 3.79. The predicted molar refractivity (Wildman–Crippen MR) is 65.3 cm³/mol. The van der Waals surface area contributed by atoms with Crippen molar-refractivity contribution >= 4 is 5.69 Å². The lowest BCUT2D eigenvalue weighted by molar-refractivity contribution is -0.137. The van der Waals surface area contributed by atoms with E-state index < -0.39 is 11.7 Å². The summed E-state index contributed by atoms with van der Waals surface area (Å²) >= 11 is 0. The Morgan fingerprint density at radius 1 is 1.21 bits per heavy atom. The highest BCUT2D eigenvalue weighted by Crippen LogP contribution is 2.34. The van der Waals surface area contributed by atoms with Crippen LogP contribution in [0.5, 0.6) is 0 Å². The number of halogens is 3. The fraction of sp³-hybridized carbons (Fsp3) is 0.333. The van der Waals surface area contributed by atoms with Crippen molar-refractivity contribution in [3.63, 3.8) is 0 Å². The summed E-state index contributed by atoms with van der Waals surface area (Å²) in [5.74, 6) is 0.368. The highest BCUT2D eigenvalue weighted by molar-refractivity contribution is 5.63. The number of anilines is 1. The lowest BCUT2D eigenvalue weighted by Crippen LogP contribution is -2.07. The minimum atomic E-state index is -4.44. The fourth-order valence-electron chi connectivity index (χ4n) is 1.77. The van der Waals surface area contributed by atoms with E-state index >= 15 is 0 Å². The lowest BCUT2D eigenvalue weighted by atomic mass is 10.1. The smallest absolute Gasteiger partial charge is 0.399 e. The number of benzene rings is 1. The number of nitrogens with zero attached hydrogens (tertiary/aromatic N) is 3. The van der Waals surface area contributed by atoms with Crippen molar-refractivity contribution in [2.24, 2.45) is 0 Å². The van der Waals surface area contributed by atoms with Gasteiger partial charge in [-0.05, 0) is 32.0 Å². The molecule has 2 rings (SSSR count). The van der Waals surface area contributed by atoms with E-state index in [0.717, 1.165) is 12.1 Å². The maximum absolute atomic E-state index is 12.8. The molecule has 102 valence electrons. The van der Waals surface area contributed by atoms with E-state index in [1.54, 1.807) is 4.57 Å². The normalized spacial score (nSPS) is 12.1. The Kier molecular flexibility index (Phi) is 3.21. The molecule has 0 radical (unpaired) electrons. The largest absolute Gasteiger partial charge is 0.416 e. The van der Waals surface area contributed by atoms with Crippen molar-refractivity contribution in [1.82, 2.24) is 14.8 Å². The summed E-state index contributed by atoms with van der Waals surface area (Å²) in [7, 11) is 0. The second kappa shape index (κ2) is 4.56. The third-order valence-electron chi connectivity index (χ3n) is 2.67. The van der Waals surface area contributed by atoms with Crippen molar-refractivity contribution in [1.29, 1.82) is 0 Å². The van der Waals surface area contributed by atoms with Crippen LogP contribution in [0.15, 0.2) is 24.5 Å². The van der Waals surface area contributed by atoms with Gasteiger partial charge in [-0.15, -0.1) is 10.2 Å². The van der Waals surface area contributed by atoms with Crippen molar-refractivity contribution < 1.29 is 13.2 Å². The highest BCUT2D eigenvalue weighted by atomic mass is 19.4. The molecule has 0 atom stereocenters. The summed E-state index contributed by atoms with van der Waals surface area (Å²) in [5, 5.41) is 7.59. The standard InChI is InChI=1S/C12H13F3N4/c1-7(2)19-6-17-18-11(19)8-3-9(12(13,14)15)5-10(16)4-8/h3-7H,16H2,1-2H3. The Morgan fingerprint density at radius 3 is 2.47 bits per heavy atom. The molecule has 0 amide bonds. The van der Waals surface area contributed by atoms with Crippen LogP contribution in [0.3, 0.4) is 0 Å². The predicted octanol–water partition coefficient (Wildman–Crippen LogP) is 3.13. The maximum Gasteiger partial charge on any atom is 0.416 e. The summed E-state index contributed by atoms with van der Waals surface area (Å²) in [6.07, 6.45) is -2.96. The number of nitrogen functional groups attached to an aromatic ring is 1. The van der Waals surface area contributed by atoms with Crippen LogP contribution in [0.4, 0.5) is 18.9 Å². The molecule has 0 aliphatic rings. The van der Waals surface area contributed by atoms with Crippen LogP contribution >= 0.6 is 0 Å². The van der Waals surface area contributed by atoms with E-state index in [2.05, 4.69) is 10.2 Å². The second-order valence-electron chi connectivity index (χ2n) is 4.50. The molecule has 4 nitrogen and oxygen atoms in total. The number of hydrogen-bond donors (Lipinski definition) is 1. The van der Waals surface area contributed by atoms with Crippen LogP contribution < -0.4 is 5.73 Å². The third kappa shape index (κ3) is 2.69. The van der Waals surface area contributed by atoms with Gasteiger partial charge >= 0.3 is 6.18 Å². The first-order chi connectivity index (χ1) is 8.79. The van der Waals surface area contributed by atoms with Crippen molar-refractivity contribution in [3.05, 3.63) is 30.1 Å². The summed E-state index contributed by atoms with van der Waals surface area (Å²) in [4.78, 5) is 0. The van der Waals surface area contributed by atoms with Crippen LogP contribution in [0.2, 0.25) is 0 Å². The van der Waals surface area contributed by atoms with Gasteiger partial charge in [-0.2, -0.15) is 13.2 Å². The molecule has 1 aromatic carbocycles. The monoisotopic (exact) mass is 270 g/mol. The van der Waals surface area contributed by atoms with E-state index in [0.29, 0.717) is 11.4 Å². The number of alkyl halides is 3. The van der Waals surface area contributed by atoms with Gasteiger partial charge in [0.25, 0.3) is 0 Å². The average Bonchev–Trinajstić information content (AvgIpc) is 2.75. The molecule has 0 spiro atoms. The van der Waals surface area contributed by atoms with Gasteiger partial charge in [-0.25, -0.2) is 0 Å². The third-order valence-corrected chi connectivity index (χ3v) is 2.67. The van der Waals surface area contributed by atoms with Gasteiger partial charge in [0.05, 0.1) is 5.56 Å². The zero-order chi connectivity index (χ0) is 14.2. The SMILES string of the molecule is CC(C)n1cnnc1-c1cc(N)cc(C(F)(F)F)c1. The molecule has 0 aliphatic carbocycles. The van der Waals surface area contributed by atoms with Crippen molar-refractivity contribution in [2.75, 3.05) is 5.73 Å². The number of rotatable bonds is 2. The second-order valence-corrected chi connectivity index (χ2v) is 4.50. The van der Waals surface area contributed by atoms with Gasteiger partial charge in [-0.3, -0.25) is 0 Å². The molecule has 19 heavy (non-hydrogen) atoms. The first kappa shape index (κ1) is 13.4. The van der Waals surface area contributed by atoms with E-state index in [1.165, 1.54) is 12.4 Å². The van der Waals surface area contributed by atoms with E-state index in [1.807, 2.05) is 13.8 Å². The van der Waals surface area contributed by atoms with Crippen LogP contribution in [0, 0.1) is 0 Å². The quantitative estimate of drug-likeness (QED) is 0.853. The molecule has 0 saturated heterocycles. The van der Waals surface area contributed by atoms with Gasteiger partial charge in [0.1, 0.15) is 6.33 Å². The average molecular weight is 270 g/mol. The zero-order valence-corrected chi connectivity index (χ0v) is 10.4. The molecule has 0 unspecified atom stereocenters. The Labute approximate surface area is 108 Å². The summed E-state index contributed by atoms with van der Waals surface area (Å²) < 4.78 is 39.9. The van der Waals surface area contributed by atoms with Gasteiger partial charge in [0.15, 0.2) is 5.82 Å². The number of aromatic nitrogens is 3. The molecule has 0 aliphatic heterocycles. The molecule has 1 heterocycles. The Morgan fingerprint density at radius 2 is 1.89 bits per heavy atom. The molecule has 0 fully saturated rings. The molecule has 0 saturated carbocycles. The molecular formula is C12H13F3N4. The number of nitrogens with two attached hydrogens (primary N) is 1. The summed E-state index contributed by atoms with van der Waals surface area (Å²) in [6, 6.07) is 3.43. The van der Waals surface area contributed by atoms with E-state index in [4.69, 9.17) is 5.73 Å². The van der Waals surface area contributed by atoms with Crippen molar-refractivity contribution in [2.45, 2.75) is 26.1 Å². The van der Waals surface area contributed by atoms with E-state index in [9.17, 15) is 13.2 Å². The molecule has 2 N–H and O–H groups in total. The molecular weight excluding hydrogens is 257 g/mol. The van der Waals surface area contributed by atoms with Crippen LogP contribution in [0.1, 0.15) is 25.5 Å². The van der Waals surface area contributed by atoms with Crippen molar-refractivity contribution in [3.8, 4) is 11.4 Å². The zero-order valence-electron chi connectivity index (χ0n) is 10.4. The Balaban J connectivity index is 2.57. The van der Waals surface area contributed by atoms with Gasteiger partial charge in [0, 0.05) is 17.3 Å². The highest BCUT2D eigenvalue weighted by Gasteiger charge is 2.31. The summed E-state index contributed by atoms with van der Waals surface area (Å²) in [5.41, 5.74) is 5.09. The maximum atomic E-state index is 12.8. The fourth-order valence-corrected chi connectivity index (χ4v) is 1.77. The van der Waals surface area contributed by atoms with Gasteiger partial charge in [-0.1, -0.05) is 0 Å². The molecule has 7 heteroatoms. The van der Waals surface area contributed by atoms with Crippen LogP contribution in [-0.4, -0.2) is 14.8 Å². The Hall–Kier alpha value is -2.05. The Bertz CT molecular complexity index is 587. The first-order valence-electron chi connectivity index (χ1n) is 5.66. The van der Waals surface area contributed by atoms with Gasteiger partial charge < -0.3 is 10.3 Å². The molecule has 0 bridgehead atoms. The number of hydrogen-bond acceptors (Lipinski definition) is 3. The molecule has 2 aromatic rings.